The number of anilines is 1. The highest BCUT2D eigenvalue weighted by Crippen LogP contribution is 2.35. The predicted octanol–water partition coefficient (Wildman–Crippen LogP) is 2.60. The van der Waals surface area contributed by atoms with Gasteiger partial charge in [-0.3, -0.25) is 4.79 Å². The van der Waals surface area contributed by atoms with Crippen molar-refractivity contribution in [2.75, 3.05) is 24.5 Å². The molecule has 0 N–H and O–H groups in total. The zero-order valence-electron chi connectivity index (χ0n) is 14.3. The van der Waals surface area contributed by atoms with E-state index in [4.69, 9.17) is 0 Å². The number of rotatable bonds is 2. The van der Waals surface area contributed by atoms with Crippen molar-refractivity contribution >= 4 is 27.8 Å². The largest absolute Gasteiger partial charge is 0.335 e. The Morgan fingerprint density at radius 3 is 2.72 bits per heavy atom. The first-order valence-electron chi connectivity index (χ1n) is 8.51. The van der Waals surface area contributed by atoms with Crippen molar-refractivity contribution in [3.05, 3.63) is 46.0 Å². The molecule has 4 heterocycles. The molecule has 25 heavy (non-hydrogen) atoms. The van der Waals surface area contributed by atoms with E-state index in [2.05, 4.69) is 35.8 Å². The van der Waals surface area contributed by atoms with Gasteiger partial charge in [0.2, 0.25) is 5.95 Å². The van der Waals surface area contributed by atoms with E-state index in [0.29, 0.717) is 24.2 Å². The molecule has 2 aromatic heterocycles. The average molecular weight is 402 g/mol. The number of carbonyl (C=O) groups excluding carboxylic acids is 1. The molecule has 2 saturated heterocycles. The van der Waals surface area contributed by atoms with Crippen LogP contribution in [0.3, 0.4) is 0 Å². The van der Waals surface area contributed by atoms with Crippen LogP contribution in [0, 0.1) is 19.8 Å². The van der Waals surface area contributed by atoms with E-state index in [1.807, 2.05) is 36.9 Å². The summed E-state index contributed by atoms with van der Waals surface area (Å²) >= 11 is 3.43. The number of piperidine rings is 1. The molecule has 2 aliphatic heterocycles. The van der Waals surface area contributed by atoms with Crippen LogP contribution in [0.1, 0.15) is 28.3 Å². The summed E-state index contributed by atoms with van der Waals surface area (Å²) in [7, 11) is 0. The maximum Gasteiger partial charge on any atom is 0.273 e. The third-order valence-corrected chi connectivity index (χ3v) is 5.67. The Kier molecular flexibility index (Phi) is 4.19. The fraction of sp³-hybridized carbons (Fsp3) is 0.444. The Hall–Kier alpha value is -2.02. The molecule has 2 atom stereocenters. The molecular weight excluding hydrogens is 382 g/mol. The minimum Gasteiger partial charge on any atom is -0.335 e. The van der Waals surface area contributed by atoms with Gasteiger partial charge >= 0.3 is 0 Å². The second-order valence-corrected chi connectivity index (χ2v) is 7.66. The van der Waals surface area contributed by atoms with Gasteiger partial charge in [0.05, 0.1) is 6.04 Å². The Morgan fingerprint density at radius 2 is 2.00 bits per heavy atom. The molecule has 2 aliphatic rings. The number of likely N-dealkylation sites (tertiary alicyclic amines) is 1. The Morgan fingerprint density at radius 1 is 1.24 bits per heavy atom. The SMILES string of the molecule is Cc1cc(C)nc(N2CC3CCN(C(=O)c4ncccc4Br)CC32)n1. The van der Waals surface area contributed by atoms with E-state index in [0.717, 1.165) is 41.3 Å². The van der Waals surface area contributed by atoms with Gasteiger partial charge in [0.25, 0.3) is 5.91 Å². The number of hydrogen-bond donors (Lipinski definition) is 0. The third-order valence-electron chi connectivity index (χ3n) is 5.03. The monoisotopic (exact) mass is 401 g/mol. The summed E-state index contributed by atoms with van der Waals surface area (Å²) in [6.45, 7) is 6.44. The van der Waals surface area contributed by atoms with Crippen LogP contribution in [0.5, 0.6) is 0 Å². The fourth-order valence-electron chi connectivity index (χ4n) is 3.74. The molecule has 0 aliphatic carbocycles. The van der Waals surface area contributed by atoms with E-state index in [-0.39, 0.29) is 5.91 Å². The van der Waals surface area contributed by atoms with E-state index in [9.17, 15) is 4.79 Å². The molecule has 6 nitrogen and oxygen atoms in total. The number of halogens is 1. The van der Waals surface area contributed by atoms with Crippen LogP contribution in [0.15, 0.2) is 28.9 Å². The van der Waals surface area contributed by atoms with E-state index < -0.39 is 0 Å². The molecule has 0 bridgehead atoms. The average Bonchev–Trinajstić information content (AvgIpc) is 2.55. The lowest BCUT2D eigenvalue weighted by Gasteiger charge is -2.53. The van der Waals surface area contributed by atoms with Crippen LogP contribution in [0.25, 0.3) is 0 Å². The van der Waals surface area contributed by atoms with Gasteiger partial charge in [-0.25, -0.2) is 15.0 Å². The van der Waals surface area contributed by atoms with Crippen molar-refractivity contribution in [1.82, 2.24) is 19.9 Å². The zero-order chi connectivity index (χ0) is 17.6. The van der Waals surface area contributed by atoms with Gasteiger partial charge in [-0.15, -0.1) is 0 Å². The van der Waals surface area contributed by atoms with E-state index >= 15 is 0 Å². The number of pyridine rings is 1. The number of nitrogens with zero attached hydrogens (tertiary/aromatic N) is 5. The van der Waals surface area contributed by atoms with Gasteiger partial charge < -0.3 is 9.80 Å². The minimum absolute atomic E-state index is 0.0147. The van der Waals surface area contributed by atoms with Crippen LogP contribution in [0.2, 0.25) is 0 Å². The van der Waals surface area contributed by atoms with Gasteiger partial charge in [0.1, 0.15) is 5.69 Å². The van der Waals surface area contributed by atoms with Gasteiger partial charge in [0.15, 0.2) is 0 Å². The quantitative estimate of drug-likeness (QED) is 0.773. The number of amides is 1. The summed E-state index contributed by atoms with van der Waals surface area (Å²) < 4.78 is 0.741. The lowest BCUT2D eigenvalue weighted by molar-refractivity contribution is 0.0583. The van der Waals surface area contributed by atoms with Crippen molar-refractivity contribution in [3.63, 3.8) is 0 Å². The highest BCUT2D eigenvalue weighted by Gasteiger charge is 2.45. The summed E-state index contributed by atoms with van der Waals surface area (Å²) in [5.74, 6) is 1.38. The second kappa shape index (κ2) is 6.37. The number of aryl methyl sites for hydroxylation is 2. The maximum atomic E-state index is 12.8. The highest BCUT2D eigenvalue weighted by atomic mass is 79.9. The molecule has 2 fully saturated rings. The molecule has 0 spiro atoms. The first-order valence-corrected chi connectivity index (χ1v) is 9.31. The van der Waals surface area contributed by atoms with Gasteiger partial charge in [-0.05, 0) is 54.4 Å². The maximum absolute atomic E-state index is 12.8. The van der Waals surface area contributed by atoms with Crippen LogP contribution >= 0.6 is 15.9 Å². The van der Waals surface area contributed by atoms with E-state index in [1.165, 1.54) is 0 Å². The molecule has 130 valence electrons. The summed E-state index contributed by atoms with van der Waals surface area (Å²) in [4.78, 5) is 30.4. The highest BCUT2D eigenvalue weighted by molar-refractivity contribution is 9.10. The van der Waals surface area contributed by atoms with E-state index in [1.54, 1.807) is 6.20 Å². The Bertz CT molecular complexity index is 807. The van der Waals surface area contributed by atoms with Gasteiger partial charge in [-0.2, -0.15) is 0 Å². The smallest absolute Gasteiger partial charge is 0.273 e. The van der Waals surface area contributed by atoms with Crippen molar-refractivity contribution in [2.24, 2.45) is 5.92 Å². The molecule has 2 aromatic rings. The fourth-order valence-corrected chi connectivity index (χ4v) is 4.16. The summed E-state index contributed by atoms with van der Waals surface area (Å²) in [6.07, 6.45) is 2.67. The Labute approximate surface area is 155 Å². The molecule has 0 saturated carbocycles. The number of carbonyl (C=O) groups is 1. The molecule has 2 unspecified atom stereocenters. The molecule has 1 amide bonds. The molecule has 7 heteroatoms. The number of hydrogen-bond acceptors (Lipinski definition) is 5. The minimum atomic E-state index is -0.0147. The van der Waals surface area contributed by atoms with Crippen LogP contribution in [-0.4, -0.2) is 51.4 Å². The van der Waals surface area contributed by atoms with Crippen molar-refractivity contribution in [1.29, 1.82) is 0 Å². The normalized spacial score (nSPS) is 22.4. The molecular formula is C18H20BrN5O. The first kappa shape index (κ1) is 16.4. The number of fused-ring (bicyclic) bond motifs is 1. The third kappa shape index (κ3) is 3.01. The first-order chi connectivity index (χ1) is 12.0. The standard InChI is InChI=1S/C18H20BrN5O/c1-11-8-12(2)22-18(21-11)24-9-13-5-7-23(10-15(13)24)17(25)16-14(19)4-3-6-20-16/h3-4,6,8,13,15H,5,7,9-10H2,1-2H3. The second-order valence-electron chi connectivity index (χ2n) is 6.80. The van der Waals surface area contributed by atoms with Gasteiger partial charge in [-0.1, -0.05) is 0 Å². The summed E-state index contributed by atoms with van der Waals surface area (Å²) in [5.41, 5.74) is 2.44. The topological polar surface area (TPSA) is 62.2 Å². The summed E-state index contributed by atoms with van der Waals surface area (Å²) in [6, 6.07) is 5.95. The molecule has 0 aromatic carbocycles. The predicted molar refractivity (Wildman–Crippen MR) is 98.6 cm³/mol. The van der Waals surface area contributed by atoms with Crippen LogP contribution < -0.4 is 4.90 Å². The lowest BCUT2D eigenvalue weighted by Crippen LogP contribution is -2.65. The number of aromatic nitrogens is 3. The molecule has 0 radical (unpaired) electrons. The van der Waals surface area contributed by atoms with Gasteiger partial charge in [0, 0.05) is 47.6 Å². The Balaban J connectivity index is 1.52. The molecule has 4 rings (SSSR count). The van der Waals surface area contributed by atoms with Crippen LogP contribution in [-0.2, 0) is 0 Å². The van der Waals surface area contributed by atoms with Crippen molar-refractivity contribution in [3.8, 4) is 0 Å². The van der Waals surface area contributed by atoms with Crippen molar-refractivity contribution < 1.29 is 4.79 Å². The summed E-state index contributed by atoms with van der Waals surface area (Å²) in [5, 5.41) is 0. The van der Waals surface area contributed by atoms with Crippen molar-refractivity contribution in [2.45, 2.75) is 26.3 Å². The zero-order valence-corrected chi connectivity index (χ0v) is 15.9. The van der Waals surface area contributed by atoms with Crippen LogP contribution in [0.4, 0.5) is 5.95 Å². The lowest BCUT2D eigenvalue weighted by atomic mass is 9.82.